The summed E-state index contributed by atoms with van der Waals surface area (Å²) < 4.78 is 2.94. The largest absolute Gasteiger partial charge is 0.0918 e. The van der Waals surface area contributed by atoms with Crippen LogP contribution >= 0.6 is 94.1 Å². The lowest BCUT2D eigenvalue weighted by atomic mass is 10.2. The van der Waals surface area contributed by atoms with Gasteiger partial charge in [0.25, 0.3) is 0 Å². The number of hydrogen-bond donors (Lipinski definition) is 0. The summed E-state index contributed by atoms with van der Waals surface area (Å²) in [5.41, 5.74) is 0. The molecule has 2 aromatic rings. The summed E-state index contributed by atoms with van der Waals surface area (Å²) in [7, 11) is 0. The van der Waals surface area contributed by atoms with Crippen LogP contribution in [-0.4, -0.2) is 0 Å². The molecule has 0 saturated heterocycles. The zero-order valence-corrected chi connectivity index (χ0v) is 25.1. The second kappa shape index (κ2) is 7.78. The molecule has 4 heterocycles. The van der Waals surface area contributed by atoms with Gasteiger partial charge in [-0.1, -0.05) is 118 Å². The van der Waals surface area contributed by atoms with Crippen LogP contribution in [0.5, 0.6) is 0 Å². The third kappa shape index (κ3) is 3.05. The average Bonchev–Trinajstić information content (AvgIpc) is 3.73. The number of allylic oxidation sites excluding steroid dienone is 8. The van der Waals surface area contributed by atoms with Crippen molar-refractivity contribution in [3.8, 4) is 0 Å². The predicted octanol–water partition coefficient (Wildman–Crippen LogP) is 11.1. The Morgan fingerprint density at radius 2 is 0.611 bits per heavy atom. The van der Waals surface area contributed by atoms with Crippen molar-refractivity contribution in [2.24, 2.45) is 23.7 Å². The lowest BCUT2D eigenvalue weighted by Gasteiger charge is -2.23. The van der Waals surface area contributed by atoms with Crippen LogP contribution in [0.1, 0.15) is 12.8 Å². The molecule has 0 spiro atoms. The average molecular weight is 609 g/mol. The highest BCUT2D eigenvalue weighted by Crippen LogP contribution is 2.67. The molecule has 8 aliphatic rings. The van der Waals surface area contributed by atoms with E-state index in [-0.39, 0.29) is 0 Å². The molecule has 36 heavy (non-hydrogen) atoms. The van der Waals surface area contributed by atoms with E-state index in [0.29, 0.717) is 23.7 Å². The van der Waals surface area contributed by atoms with Gasteiger partial charge in [-0.15, -0.1) is 0 Å². The minimum atomic E-state index is 0.679. The Morgan fingerprint density at radius 1 is 0.361 bits per heavy atom. The second-order valence-corrected chi connectivity index (χ2v) is 19.1. The summed E-state index contributed by atoms with van der Waals surface area (Å²) in [4.78, 5) is 18.2. The van der Waals surface area contributed by atoms with Crippen LogP contribution in [0, 0.1) is 23.7 Å². The predicted molar refractivity (Wildman–Crippen MR) is 162 cm³/mol. The van der Waals surface area contributed by atoms with Crippen LogP contribution in [0.15, 0.2) is 116 Å². The first-order chi connectivity index (χ1) is 17.7. The Bertz CT molecular complexity index is 1390. The van der Waals surface area contributed by atoms with Crippen molar-refractivity contribution in [1.82, 2.24) is 0 Å². The highest BCUT2D eigenvalue weighted by atomic mass is 32.2. The van der Waals surface area contributed by atoms with E-state index in [1.54, 1.807) is 19.6 Å². The smallest absolute Gasteiger partial charge is 0.0706 e. The first kappa shape index (κ1) is 21.7. The standard InChI is InChI=1S/C28H16S8/c1-2-12-5-11(1)23-24(12)30-16-8-20-19(7-15(16)29-23)33-27(34-20)28-35-21-9-17-18(10-22(21)36-28)32-26-14-4-3-13(6-14)25(26)31-17/h1-4,7-14H,5-6H2. The van der Waals surface area contributed by atoms with Gasteiger partial charge >= 0.3 is 0 Å². The Morgan fingerprint density at radius 3 is 0.889 bits per heavy atom. The number of benzene rings is 2. The summed E-state index contributed by atoms with van der Waals surface area (Å²) in [5.74, 6) is 2.72. The third-order valence-electron chi connectivity index (χ3n) is 7.88. The van der Waals surface area contributed by atoms with E-state index < -0.39 is 0 Å². The maximum atomic E-state index is 2.48. The summed E-state index contributed by atoms with van der Waals surface area (Å²) in [6.45, 7) is 0. The SMILES string of the molecule is C1=CC2CC1C1=C2Sc2cc3c(cc2S1)SC(=C1Sc2cc4c(cc2S1)SC1=C(S4)C2C=CC1C2)S3. The quantitative estimate of drug-likeness (QED) is 0.267. The molecule has 8 heteroatoms. The van der Waals surface area contributed by atoms with Gasteiger partial charge in [0.2, 0.25) is 0 Å². The zero-order valence-electron chi connectivity index (χ0n) is 18.6. The number of hydrogen-bond acceptors (Lipinski definition) is 8. The molecule has 10 rings (SSSR count). The molecule has 176 valence electrons. The summed E-state index contributed by atoms with van der Waals surface area (Å²) in [5, 5.41) is 0. The fourth-order valence-corrected chi connectivity index (χ4v) is 17.5. The Labute approximate surface area is 244 Å². The molecule has 4 bridgehead atoms. The van der Waals surface area contributed by atoms with E-state index in [4.69, 9.17) is 0 Å². The first-order valence-corrected chi connectivity index (χ1v) is 18.6. The number of fused-ring (bicyclic) bond motifs is 12. The molecule has 0 N–H and O–H groups in total. The molecule has 4 aliphatic heterocycles. The molecule has 0 amide bonds. The fraction of sp³-hybridized carbons (Fsp3) is 0.214. The minimum absolute atomic E-state index is 0.679. The Hall–Kier alpha value is -0.0600. The van der Waals surface area contributed by atoms with Crippen molar-refractivity contribution in [3.05, 3.63) is 76.7 Å². The number of rotatable bonds is 0. The van der Waals surface area contributed by atoms with Crippen LogP contribution in [0.2, 0.25) is 0 Å². The molecule has 4 aliphatic carbocycles. The van der Waals surface area contributed by atoms with Crippen molar-refractivity contribution < 1.29 is 0 Å². The zero-order chi connectivity index (χ0) is 23.1. The van der Waals surface area contributed by atoms with Crippen LogP contribution in [0.4, 0.5) is 0 Å². The van der Waals surface area contributed by atoms with E-state index in [0.717, 1.165) is 0 Å². The van der Waals surface area contributed by atoms with Crippen LogP contribution < -0.4 is 0 Å². The molecule has 0 fully saturated rings. The topological polar surface area (TPSA) is 0 Å². The van der Waals surface area contributed by atoms with Gasteiger partial charge in [-0.3, -0.25) is 0 Å². The Balaban J connectivity index is 0.937. The molecule has 4 atom stereocenters. The van der Waals surface area contributed by atoms with Gasteiger partial charge in [0.1, 0.15) is 0 Å². The van der Waals surface area contributed by atoms with Gasteiger partial charge in [-0.25, -0.2) is 0 Å². The van der Waals surface area contributed by atoms with E-state index in [2.05, 4.69) is 95.6 Å². The molecular weight excluding hydrogens is 593 g/mol. The maximum Gasteiger partial charge on any atom is 0.0706 e. The van der Waals surface area contributed by atoms with Gasteiger partial charge in [0.15, 0.2) is 0 Å². The summed E-state index contributed by atoms with van der Waals surface area (Å²) in [6.07, 6.45) is 12.4. The van der Waals surface area contributed by atoms with Gasteiger partial charge in [0, 0.05) is 82.5 Å². The van der Waals surface area contributed by atoms with Gasteiger partial charge in [0.05, 0.1) is 8.47 Å². The minimum Gasteiger partial charge on any atom is -0.0918 e. The normalized spacial score (nSPS) is 31.3. The van der Waals surface area contributed by atoms with E-state index >= 15 is 0 Å². The van der Waals surface area contributed by atoms with Crippen LogP contribution in [0.25, 0.3) is 0 Å². The third-order valence-corrected chi connectivity index (χ3v) is 19.2. The van der Waals surface area contributed by atoms with Crippen molar-refractivity contribution in [3.63, 3.8) is 0 Å². The van der Waals surface area contributed by atoms with Crippen LogP contribution in [0.3, 0.4) is 0 Å². The monoisotopic (exact) mass is 608 g/mol. The van der Waals surface area contributed by atoms with Crippen molar-refractivity contribution >= 4 is 94.1 Å². The molecular formula is C28H16S8. The van der Waals surface area contributed by atoms with E-state index in [9.17, 15) is 0 Å². The van der Waals surface area contributed by atoms with Gasteiger partial charge < -0.3 is 0 Å². The number of thioether (sulfide) groups is 8. The highest BCUT2D eigenvalue weighted by molar-refractivity contribution is 8.30. The molecule has 4 unspecified atom stereocenters. The van der Waals surface area contributed by atoms with E-state index in [1.165, 1.54) is 60.5 Å². The molecule has 0 radical (unpaired) electrons. The molecule has 0 aromatic heterocycles. The van der Waals surface area contributed by atoms with Crippen LogP contribution in [-0.2, 0) is 0 Å². The molecule has 0 nitrogen and oxygen atoms in total. The van der Waals surface area contributed by atoms with Gasteiger partial charge in [-0.05, 0) is 37.1 Å². The molecule has 2 aromatic carbocycles. The highest BCUT2D eigenvalue weighted by Gasteiger charge is 2.41. The maximum absolute atomic E-state index is 2.48. The van der Waals surface area contributed by atoms with Crippen molar-refractivity contribution in [1.29, 1.82) is 0 Å². The molecule has 0 saturated carbocycles. The summed E-state index contributed by atoms with van der Waals surface area (Å²) in [6, 6.07) is 9.91. The summed E-state index contributed by atoms with van der Waals surface area (Å²) >= 11 is 16.2. The van der Waals surface area contributed by atoms with Crippen molar-refractivity contribution in [2.75, 3.05) is 0 Å². The second-order valence-electron chi connectivity index (χ2n) is 10.0. The first-order valence-electron chi connectivity index (χ1n) is 12.1. The Kier molecular flexibility index (Phi) is 4.69. The van der Waals surface area contributed by atoms with Crippen molar-refractivity contribution in [2.45, 2.75) is 52.0 Å². The fourth-order valence-electron chi connectivity index (χ4n) is 6.18. The lowest BCUT2D eigenvalue weighted by molar-refractivity contribution is 0.725. The lowest BCUT2D eigenvalue weighted by Crippen LogP contribution is -1.98. The van der Waals surface area contributed by atoms with E-state index in [1.807, 2.05) is 47.0 Å². The van der Waals surface area contributed by atoms with Gasteiger partial charge in [-0.2, -0.15) is 0 Å².